The van der Waals surface area contributed by atoms with Gasteiger partial charge in [-0.15, -0.1) is 0 Å². The number of amides is 2. The molecular weight excluding hydrogens is 344 g/mol. The predicted molar refractivity (Wildman–Crippen MR) is 101 cm³/mol. The number of benzene rings is 1. The Bertz CT molecular complexity index is 840. The molecule has 2 aliphatic heterocycles. The molecular formula is C21H24N2O4. The zero-order valence-corrected chi connectivity index (χ0v) is 15.8. The van der Waals surface area contributed by atoms with Crippen molar-refractivity contribution in [2.24, 2.45) is 11.8 Å². The summed E-state index contributed by atoms with van der Waals surface area (Å²) in [7, 11) is 1.57. The van der Waals surface area contributed by atoms with Crippen LogP contribution in [-0.4, -0.2) is 42.4 Å². The summed E-state index contributed by atoms with van der Waals surface area (Å²) in [6, 6.07) is 7.04. The Labute approximate surface area is 158 Å². The van der Waals surface area contributed by atoms with Gasteiger partial charge in [0, 0.05) is 12.6 Å². The third kappa shape index (κ3) is 3.16. The minimum absolute atomic E-state index is 0.0394. The lowest BCUT2D eigenvalue weighted by Gasteiger charge is -2.45. The lowest BCUT2D eigenvalue weighted by molar-refractivity contribution is -0.158. The van der Waals surface area contributed by atoms with Crippen molar-refractivity contribution in [3.8, 4) is 0 Å². The summed E-state index contributed by atoms with van der Waals surface area (Å²) in [5, 5.41) is 2.60. The molecule has 1 saturated heterocycles. The Morgan fingerprint density at radius 2 is 2.15 bits per heavy atom. The molecule has 0 unspecified atom stereocenters. The van der Waals surface area contributed by atoms with Gasteiger partial charge in [-0.05, 0) is 35.6 Å². The number of carbonyl (C=O) groups excluding carboxylic acids is 3. The number of fused-ring (bicyclic) bond motifs is 1. The van der Waals surface area contributed by atoms with Crippen molar-refractivity contribution >= 4 is 23.4 Å². The Morgan fingerprint density at radius 3 is 2.78 bits per heavy atom. The van der Waals surface area contributed by atoms with Gasteiger partial charge in [0.1, 0.15) is 12.3 Å². The third-order valence-electron chi connectivity index (χ3n) is 5.15. The molecule has 0 aliphatic carbocycles. The Morgan fingerprint density at radius 1 is 1.41 bits per heavy atom. The second kappa shape index (κ2) is 7.39. The first-order valence-corrected chi connectivity index (χ1v) is 9.07. The number of rotatable bonds is 6. The van der Waals surface area contributed by atoms with Gasteiger partial charge in [-0.3, -0.25) is 9.59 Å². The van der Waals surface area contributed by atoms with Crippen LogP contribution in [0.3, 0.4) is 0 Å². The van der Waals surface area contributed by atoms with E-state index in [2.05, 4.69) is 11.9 Å². The van der Waals surface area contributed by atoms with Gasteiger partial charge in [-0.25, -0.2) is 4.79 Å². The largest absolute Gasteiger partial charge is 0.457 e. The van der Waals surface area contributed by atoms with E-state index in [1.54, 1.807) is 30.1 Å². The van der Waals surface area contributed by atoms with Gasteiger partial charge >= 0.3 is 5.97 Å². The maximum absolute atomic E-state index is 12.7. The predicted octanol–water partition coefficient (Wildman–Crippen LogP) is 2.37. The molecule has 0 aromatic heterocycles. The molecule has 142 valence electrons. The highest BCUT2D eigenvalue weighted by Gasteiger charge is 2.56. The van der Waals surface area contributed by atoms with Gasteiger partial charge in [0.05, 0.1) is 12.0 Å². The van der Waals surface area contributed by atoms with Crippen molar-refractivity contribution in [1.82, 2.24) is 10.2 Å². The molecule has 1 aromatic carbocycles. The van der Waals surface area contributed by atoms with Crippen molar-refractivity contribution in [2.45, 2.75) is 26.3 Å². The van der Waals surface area contributed by atoms with Crippen LogP contribution in [0, 0.1) is 11.8 Å². The maximum atomic E-state index is 12.7. The van der Waals surface area contributed by atoms with Crippen LogP contribution >= 0.6 is 0 Å². The van der Waals surface area contributed by atoms with Gasteiger partial charge in [-0.2, -0.15) is 0 Å². The smallest absolute Gasteiger partial charge is 0.355 e. The van der Waals surface area contributed by atoms with Crippen LogP contribution < -0.4 is 5.32 Å². The molecule has 6 heteroatoms. The quantitative estimate of drug-likeness (QED) is 0.475. The second-order valence-electron chi connectivity index (χ2n) is 7.12. The summed E-state index contributed by atoms with van der Waals surface area (Å²) >= 11 is 0. The number of hydrogen-bond acceptors (Lipinski definition) is 4. The van der Waals surface area contributed by atoms with Crippen LogP contribution in [0.1, 0.15) is 36.2 Å². The number of hydrogen-bond donors (Lipinski definition) is 1. The molecule has 0 radical (unpaired) electrons. The fraction of sp³-hybridized carbons (Fsp3) is 0.381. The molecule has 0 spiro atoms. The van der Waals surface area contributed by atoms with E-state index in [4.69, 9.17) is 4.74 Å². The first-order chi connectivity index (χ1) is 12.9. The Balaban J connectivity index is 2.03. The SMILES string of the molecule is C=CCOC(=O)C1=C(c2cccc(C(=O)NC)c2)C[C@@H]2[C@@H](C(C)C)C(=O)N12. The van der Waals surface area contributed by atoms with Crippen molar-refractivity contribution in [3.05, 3.63) is 53.7 Å². The first kappa shape index (κ1) is 18.9. The van der Waals surface area contributed by atoms with Crippen molar-refractivity contribution < 1.29 is 19.1 Å². The highest BCUT2D eigenvalue weighted by molar-refractivity contribution is 6.07. The Hall–Kier alpha value is -2.89. The molecule has 6 nitrogen and oxygen atoms in total. The van der Waals surface area contributed by atoms with E-state index in [0.29, 0.717) is 12.0 Å². The monoisotopic (exact) mass is 368 g/mol. The van der Waals surface area contributed by atoms with Crippen molar-refractivity contribution in [2.75, 3.05) is 13.7 Å². The lowest BCUT2D eigenvalue weighted by Crippen LogP contribution is -2.60. The minimum Gasteiger partial charge on any atom is -0.457 e. The maximum Gasteiger partial charge on any atom is 0.355 e. The first-order valence-electron chi connectivity index (χ1n) is 9.07. The summed E-state index contributed by atoms with van der Waals surface area (Å²) in [5.41, 5.74) is 2.29. The van der Waals surface area contributed by atoms with Gasteiger partial charge < -0.3 is 15.0 Å². The number of nitrogens with zero attached hydrogens (tertiary/aromatic N) is 1. The third-order valence-corrected chi connectivity index (χ3v) is 5.15. The molecule has 2 aliphatic rings. The molecule has 2 amide bonds. The number of carbonyl (C=O) groups is 3. The van der Waals surface area contributed by atoms with E-state index in [-0.39, 0.29) is 42.0 Å². The highest BCUT2D eigenvalue weighted by atomic mass is 16.5. The van der Waals surface area contributed by atoms with E-state index in [1.807, 2.05) is 19.9 Å². The van der Waals surface area contributed by atoms with Crippen LogP contribution in [0.25, 0.3) is 5.57 Å². The number of nitrogens with one attached hydrogen (secondary N) is 1. The van der Waals surface area contributed by atoms with Crippen LogP contribution in [-0.2, 0) is 14.3 Å². The summed E-state index contributed by atoms with van der Waals surface area (Å²) in [6.45, 7) is 7.66. The van der Waals surface area contributed by atoms with Crippen molar-refractivity contribution in [3.63, 3.8) is 0 Å². The average molecular weight is 368 g/mol. The van der Waals surface area contributed by atoms with E-state index in [1.165, 1.54) is 6.08 Å². The van der Waals surface area contributed by atoms with Crippen LogP contribution in [0.2, 0.25) is 0 Å². The summed E-state index contributed by atoms with van der Waals surface area (Å²) in [5.74, 6) is -0.690. The van der Waals surface area contributed by atoms with Gasteiger partial charge in [-0.1, -0.05) is 38.6 Å². The zero-order chi connectivity index (χ0) is 19.7. The molecule has 2 heterocycles. The van der Waals surface area contributed by atoms with Crippen LogP contribution in [0.4, 0.5) is 0 Å². The minimum atomic E-state index is -0.534. The van der Waals surface area contributed by atoms with Crippen LogP contribution in [0.5, 0.6) is 0 Å². The zero-order valence-electron chi connectivity index (χ0n) is 15.8. The molecule has 0 saturated carbocycles. The molecule has 27 heavy (non-hydrogen) atoms. The van der Waals surface area contributed by atoms with E-state index in [9.17, 15) is 14.4 Å². The summed E-state index contributed by atoms with van der Waals surface area (Å²) in [4.78, 5) is 38.9. The number of β-lactam (4-membered cyclic amide) rings is 1. The molecule has 1 N–H and O–H groups in total. The van der Waals surface area contributed by atoms with E-state index >= 15 is 0 Å². The summed E-state index contributed by atoms with van der Waals surface area (Å²) in [6.07, 6.45) is 2.07. The molecule has 1 aromatic rings. The second-order valence-corrected chi connectivity index (χ2v) is 7.12. The lowest BCUT2D eigenvalue weighted by atomic mass is 9.78. The van der Waals surface area contributed by atoms with Gasteiger partial charge in [0.2, 0.25) is 5.91 Å². The number of esters is 1. The van der Waals surface area contributed by atoms with Gasteiger partial charge in [0.15, 0.2) is 0 Å². The standard InChI is InChI=1S/C21H24N2O4/c1-5-9-27-21(26)18-15(11-16-17(12(2)3)20(25)23(16)18)13-7-6-8-14(10-13)19(24)22-4/h5-8,10,12,16-17H,1,9,11H2,2-4H3,(H,22,24)/t16-,17-/m1/s1. The fourth-order valence-electron chi connectivity index (χ4n) is 3.91. The van der Waals surface area contributed by atoms with Crippen molar-refractivity contribution in [1.29, 1.82) is 0 Å². The molecule has 1 fully saturated rings. The normalized spacial score (nSPS) is 21.0. The highest BCUT2D eigenvalue weighted by Crippen LogP contribution is 2.48. The van der Waals surface area contributed by atoms with E-state index in [0.717, 1.165) is 11.1 Å². The molecule has 2 atom stereocenters. The summed E-state index contributed by atoms with van der Waals surface area (Å²) < 4.78 is 5.23. The van der Waals surface area contributed by atoms with E-state index < -0.39 is 5.97 Å². The molecule has 0 bridgehead atoms. The topological polar surface area (TPSA) is 75.7 Å². The molecule has 3 rings (SSSR count). The Kier molecular flexibility index (Phi) is 5.17. The van der Waals surface area contributed by atoms with Crippen LogP contribution in [0.15, 0.2) is 42.6 Å². The fourth-order valence-corrected chi connectivity index (χ4v) is 3.91. The van der Waals surface area contributed by atoms with Gasteiger partial charge in [0.25, 0.3) is 5.91 Å². The number of ether oxygens (including phenoxy) is 1. The average Bonchev–Trinajstić information content (AvgIpc) is 3.00.